The molecule has 2 heterocycles. The van der Waals surface area contributed by atoms with Gasteiger partial charge in [0.15, 0.2) is 11.1 Å². The van der Waals surface area contributed by atoms with Crippen molar-refractivity contribution in [2.75, 3.05) is 44.2 Å². The van der Waals surface area contributed by atoms with E-state index in [4.69, 9.17) is 4.74 Å². The summed E-state index contributed by atoms with van der Waals surface area (Å²) in [5.74, 6) is 1.40. The third-order valence-electron chi connectivity index (χ3n) is 6.55. The molecule has 1 unspecified atom stereocenters. The number of para-hydroxylation sites is 1. The SMILES string of the molecule is Cc1cccc([C@@H](C)S(=O)O)c1N1CCC(CN2C[C@@H](C)CCO[C@@H](C)C2)CC1. The van der Waals surface area contributed by atoms with E-state index in [0.717, 1.165) is 44.8 Å². The zero-order valence-corrected chi connectivity index (χ0v) is 19.3. The largest absolute Gasteiger partial charge is 0.377 e. The van der Waals surface area contributed by atoms with Crippen LogP contribution < -0.4 is 4.90 Å². The monoisotopic (exact) mass is 422 g/mol. The van der Waals surface area contributed by atoms with E-state index in [1.807, 2.05) is 19.1 Å². The topological polar surface area (TPSA) is 53.0 Å². The zero-order valence-electron chi connectivity index (χ0n) is 18.5. The second-order valence-corrected chi connectivity index (χ2v) is 10.4. The molecule has 0 radical (unpaired) electrons. The fraction of sp³-hybridized carbons (Fsp3) is 0.739. The summed E-state index contributed by atoms with van der Waals surface area (Å²) in [6.45, 7) is 14.8. The van der Waals surface area contributed by atoms with Crippen molar-refractivity contribution < 1.29 is 13.5 Å². The summed E-state index contributed by atoms with van der Waals surface area (Å²) in [6.07, 6.45) is 3.81. The van der Waals surface area contributed by atoms with E-state index in [0.29, 0.717) is 17.9 Å². The predicted octanol–water partition coefficient (Wildman–Crippen LogP) is 4.24. The summed E-state index contributed by atoms with van der Waals surface area (Å²) in [5, 5.41) is -0.369. The predicted molar refractivity (Wildman–Crippen MR) is 121 cm³/mol. The highest BCUT2D eigenvalue weighted by atomic mass is 32.2. The molecule has 4 atom stereocenters. The Morgan fingerprint density at radius 1 is 1.21 bits per heavy atom. The first-order chi connectivity index (χ1) is 13.8. The van der Waals surface area contributed by atoms with Crippen LogP contribution in [0.25, 0.3) is 0 Å². The highest BCUT2D eigenvalue weighted by Gasteiger charge is 2.27. The molecule has 0 aliphatic carbocycles. The average molecular weight is 423 g/mol. The molecule has 1 aromatic rings. The van der Waals surface area contributed by atoms with Crippen molar-refractivity contribution in [2.45, 2.75) is 58.3 Å². The summed E-state index contributed by atoms with van der Waals surface area (Å²) >= 11 is -1.85. The van der Waals surface area contributed by atoms with Gasteiger partial charge in [0.05, 0.1) is 11.4 Å². The molecule has 5 nitrogen and oxygen atoms in total. The molecule has 2 saturated heterocycles. The lowest BCUT2D eigenvalue weighted by Gasteiger charge is -2.39. The highest BCUT2D eigenvalue weighted by Crippen LogP contribution is 2.35. The smallest absolute Gasteiger partial charge is 0.160 e. The number of benzene rings is 1. The standard InChI is InChI=1S/C23H38N2O3S/c1-17-10-13-28-19(3)15-24(14-17)16-21-8-11-25(12-9-21)23-18(2)6-5-7-22(23)20(4)29(26)27/h5-7,17,19-21H,8-16H2,1-4H3,(H,26,27)/t17-,19-,20+/m0/s1. The molecule has 0 bridgehead atoms. The van der Waals surface area contributed by atoms with Gasteiger partial charge in [-0.25, -0.2) is 4.21 Å². The van der Waals surface area contributed by atoms with Gasteiger partial charge in [-0.15, -0.1) is 0 Å². The van der Waals surface area contributed by atoms with Crippen molar-refractivity contribution in [1.29, 1.82) is 0 Å². The van der Waals surface area contributed by atoms with Crippen LogP contribution in [0.3, 0.4) is 0 Å². The molecular weight excluding hydrogens is 384 g/mol. The van der Waals surface area contributed by atoms with E-state index in [1.165, 1.54) is 30.6 Å². The molecule has 1 N–H and O–H groups in total. The van der Waals surface area contributed by atoms with Gasteiger partial charge in [0.1, 0.15) is 0 Å². The van der Waals surface area contributed by atoms with E-state index in [-0.39, 0.29) is 5.25 Å². The summed E-state index contributed by atoms with van der Waals surface area (Å²) in [7, 11) is 0. The minimum absolute atomic E-state index is 0.318. The number of rotatable bonds is 5. The first-order valence-corrected chi connectivity index (χ1v) is 12.3. The second kappa shape index (κ2) is 10.4. The number of nitrogens with zero attached hydrogens (tertiary/aromatic N) is 2. The van der Waals surface area contributed by atoms with Crippen LogP contribution >= 0.6 is 0 Å². The van der Waals surface area contributed by atoms with Crippen LogP contribution in [-0.4, -0.2) is 59.1 Å². The van der Waals surface area contributed by atoms with Crippen molar-refractivity contribution in [2.24, 2.45) is 11.8 Å². The molecule has 2 aliphatic heterocycles. The molecule has 6 heteroatoms. The van der Waals surface area contributed by atoms with Crippen LogP contribution in [0.2, 0.25) is 0 Å². The number of hydrogen-bond donors (Lipinski definition) is 1. The van der Waals surface area contributed by atoms with Crippen molar-refractivity contribution in [3.05, 3.63) is 29.3 Å². The molecule has 0 saturated carbocycles. The number of ether oxygens (including phenoxy) is 1. The number of hydrogen-bond acceptors (Lipinski definition) is 4. The third-order valence-corrected chi connectivity index (χ3v) is 7.41. The van der Waals surface area contributed by atoms with Crippen LogP contribution in [0.15, 0.2) is 18.2 Å². The molecule has 164 valence electrons. The van der Waals surface area contributed by atoms with Crippen molar-refractivity contribution >= 4 is 16.8 Å². The first kappa shape index (κ1) is 22.7. The van der Waals surface area contributed by atoms with Crippen LogP contribution in [-0.2, 0) is 15.8 Å². The molecule has 2 aliphatic rings. The molecule has 2 fully saturated rings. The minimum Gasteiger partial charge on any atom is -0.377 e. The lowest BCUT2D eigenvalue weighted by atomic mass is 9.93. The van der Waals surface area contributed by atoms with Crippen LogP contribution in [0, 0.1) is 18.8 Å². The molecule has 0 amide bonds. The minimum atomic E-state index is -1.85. The second-order valence-electron chi connectivity index (χ2n) is 9.16. The molecule has 1 aromatic carbocycles. The van der Waals surface area contributed by atoms with E-state index in [1.54, 1.807) is 0 Å². The van der Waals surface area contributed by atoms with Gasteiger partial charge in [0, 0.05) is 45.0 Å². The maximum Gasteiger partial charge on any atom is 0.160 e. The Bertz CT molecular complexity index is 679. The van der Waals surface area contributed by atoms with Crippen LogP contribution in [0.4, 0.5) is 5.69 Å². The van der Waals surface area contributed by atoms with E-state index in [9.17, 15) is 8.76 Å². The van der Waals surface area contributed by atoms with Gasteiger partial charge < -0.3 is 19.1 Å². The summed E-state index contributed by atoms with van der Waals surface area (Å²) in [5.41, 5.74) is 3.36. The van der Waals surface area contributed by atoms with Gasteiger partial charge in [0.2, 0.25) is 0 Å². The van der Waals surface area contributed by atoms with Crippen LogP contribution in [0.5, 0.6) is 0 Å². The van der Waals surface area contributed by atoms with Gasteiger partial charge in [-0.3, -0.25) is 0 Å². The maximum atomic E-state index is 11.7. The Morgan fingerprint density at radius 2 is 1.93 bits per heavy atom. The Labute approximate surface area is 179 Å². The fourth-order valence-corrected chi connectivity index (χ4v) is 5.30. The Hall–Kier alpha value is -0.950. The summed E-state index contributed by atoms with van der Waals surface area (Å²) in [6, 6.07) is 6.12. The zero-order chi connectivity index (χ0) is 21.0. The van der Waals surface area contributed by atoms with E-state index in [2.05, 4.69) is 36.6 Å². The lowest BCUT2D eigenvalue weighted by molar-refractivity contribution is 0.00280. The first-order valence-electron chi connectivity index (χ1n) is 11.1. The van der Waals surface area contributed by atoms with E-state index >= 15 is 0 Å². The number of anilines is 1. The maximum absolute atomic E-state index is 11.7. The Morgan fingerprint density at radius 3 is 2.62 bits per heavy atom. The number of aryl methyl sites for hydroxylation is 1. The normalized spacial score (nSPS) is 27.3. The third kappa shape index (κ3) is 6.03. The highest BCUT2D eigenvalue weighted by molar-refractivity contribution is 7.79. The van der Waals surface area contributed by atoms with Gasteiger partial charge in [-0.05, 0) is 63.0 Å². The van der Waals surface area contributed by atoms with Gasteiger partial charge in [-0.2, -0.15) is 0 Å². The summed E-state index contributed by atoms with van der Waals surface area (Å²) in [4.78, 5) is 5.05. The van der Waals surface area contributed by atoms with Gasteiger partial charge >= 0.3 is 0 Å². The quantitative estimate of drug-likeness (QED) is 0.719. The van der Waals surface area contributed by atoms with Crippen molar-refractivity contribution in [1.82, 2.24) is 4.90 Å². The van der Waals surface area contributed by atoms with E-state index < -0.39 is 11.1 Å². The fourth-order valence-electron chi connectivity index (χ4n) is 4.90. The lowest BCUT2D eigenvalue weighted by Crippen LogP contribution is -2.44. The number of piperidine rings is 1. The average Bonchev–Trinajstić information content (AvgIpc) is 2.66. The molecule has 0 spiro atoms. The van der Waals surface area contributed by atoms with Gasteiger partial charge in [0.25, 0.3) is 0 Å². The Balaban J connectivity index is 1.63. The molecule has 0 aromatic heterocycles. The van der Waals surface area contributed by atoms with Crippen molar-refractivity contribution in [3.63, 3.8) is 0 Å². The summed E-state index contributed by atoms with van der Waals surface area (Å²) < 4.78 is 27.3. The molecule has 29 heavy (non-hydrogen) atoms. The molecular formula is C23H38N2O3S. The molecule has 3 rings (SSSR count). The van der Waals surface area contributed by atoms with Crippen molar-refractivity contribution in [3.8, 4) is 0 Å². The van der Waals surface area contributed by atoms with Gasteiger partial charge in [-0.1, -0.05) is 25.1 Å². The van der Waals surface area contributed by atoms with Crippen LogP contribution in [0.1, 0.15) is 56.4 Å². The Kier molecular flexibility index (Phi) is 8.14.